The topological polar surface area (TPSA) is 66.5 Å². The van der Waals surface area contributed by atoms with Gasteiger partial charge in [-0.1, -0.05) is 36.4 Å². The van der Waals surface area contributed by atoms with Crippen LogP contribution < -0.4 is 10.2 Å². The van der Waals surface area contributed by atoms with Crippen LogP contribution in [0.15, 0.2) is 89.5 Å². The van der Waals surface area contributed by atoms with E-state index >= 15 is 0 Å². The van der Waals surface area contributed by atoms with Crippen LogP contribution in [0.5, 0.6) is 0 Å². The molecular weight excluding hydrogens is 414 g/mol. The quantitative estimate of drug-likeness (QED) is 0.475. The second kappa shape index (κ2) is 9.75. The normalized spacial score (nSPS) is 13.9. The van der Waals surface area contributed by atoms with Gasteiger partial charge in [0.25, 0.3) is 0 Å². The van der Waals surface area contributed by atoms with E-state index in [1.165, 1.54) is 5.69 Å². The minimum Gasteiger partial charge on any atom is -0.463 e. The van der Waals surface area contributed by atoms with Crippen LogP contribution in [-0.4, -0.2) is 53.3 Å². The number of anilines is 1. The number of carbonyl (C=O) groups excluding carboxylic acids is 1. The van der Waals surface area contributed by atoms with Crippen molar-refractivity contribution in [3.05, 3.63) is 90.8 Å². The molecule has 1 aliphatic heterocycles. The fraction of sp³-hybridized carbons (Fsp3) is 0.231. The van der Waals surface area contributed by atoms with Crippen LogP contribution in [0.1, 0.15) is 5.69 Å². The van der Waals surface area contributed by atoms with E-state index in [-0.39, 0.29) is 5.91 Å². The molecule has 1 amide bonds. The molecule has 3 heterocycles. The van der Waals surface area contributed by atoms with Gasteiger partial charge in [0.05, 0.1) is 24.2 Å². The summed E-state index contributed by atoms with van der Waals surface area (Å²) in [6.07, 6.45) is 1.66. The van der Waals surface area contributed by atoms with E-state index < -0.39 is 0 Å². The number of piperazine rings is 1. The zero-order valence-electron chi connectivity index (χ0n) is 18.4. The van der Waals surface area contributed by atoms with Gasteiger partial charge in [-0.3, -0.25) is 4.79 Å². The molecule has 0 atom stereocenters. The monoisotopic (exact) mass is 441 g/mol. The molecule has 1 aliphatic rings. The number of hydrogen-bond donors (Lipinski definition) is 1. The first-order valence-electron chi connectivity index (χ1n) is 11.2. The van der Waals surface area contributed by atoms with Crippen LogP contribution in [-0.2, 0) is 11.3 Å². The van der Waals surface area contributed by atoms with Crippen LogP contribution in [0.4, 0.5) is 5.69 Å². The molecule has 0 saturated carbocycles. The van der Waals surface area contributed by atoms with E-state index in [0.717, 1.165) is 49.0 Å². The number of aromatic nitrogens is 2. The third-order valence-corrected chi connectivity index (χ3v) is 5.87. The van der Waals surface area contributed by atoms with Crippen LogP contribution in [0, 0.1) is 0 Å². The predicted molar refractivity (Wildman–Crippen MR) is 128 cm³/mol. The van der Waals surface area contributed by atoms with E-state index in [2.05, 4.69) is 22.3 Å². The Balaban J connectivity index is 1.18. The maximum atomic E-state index is 12.7. The van der Waals surface area contributed by atoms with Crippen molar-refractivity contribution in [3.63, 3.8) is 0 Å². The SMILES string of the molecule is O=C(CNCc1cc(-c2ccco2)n(-c2ccccc2)n1)N1CCN(c2ccccc2)CC1. The smallest absolute Gasteiger partial charge is 0.236 e. The van der Waals surface area contributed by atoms with Crippen LogP contribution in [0.3, 0.4) is 0 Å². The minimum absolute atomic E-state index is 0.122. The van der Waals surface area contributed by atoms with Crippen molar-refractivity contribution >= 4 is 11.6 Å². The van der Waals surface area contributed by atoms with Crippen molar-refractivity contribution in [2.24, 2.45) is 0 Å². The van der Waals surface area contributed by atoms with Gasteiger partial charge in [0, 0.05) is 38.4 Å². The Labute approximate surface area is 193 Å². The molecule has 0 unspecified atom stereocenters. The molecule has 1 saturated heterocycles. The maximum absolute atomic E-state index is 12.7. The molecule has 2 aromatic heterocycles. The first-order chi connectivity index (χ1) is 16.3. The van der Waals surface area contributed by atoms with Gasteiger partial charge in [0.2, 0.25) is 5.91 Å². The van der Waals surface area contributed by atoms with Crippen molar-refractivity contribution in [1.82, 2.24) is 20.0 Å². The number of hydrogen-bond acceptors (Lipinski definition) is 5. The van der Waals surface area contributed by atoms with Gasteiger partial charge in [-0.25, -0.2) is 4.68 Å². The molecule has 0 radical (unpaired) electrons. The molecule has 4 aromatic rings. The lowest BCUT2D eigenvalue weighted by molar-refractivity contribution is -0.130. The Morgan fingerprint density at radius 1 is 0.879 bits per heavy atom. The lowest BCUT2D eigenvalue weighted by Gasteiger charge is -2.36. The predicted octanol–water partition coefficient (Wildman–Crippen LogP) is 3.57. The lowest BCUT2D eigenvalue weighted by atomic mass is 10.2. The van der Waals surface area contributed by atoms with Crippen molar-refractivity contribution in [2.45, 2.75) is 6.54 Å². The molecule has 0 spiro atoms. The first kappa shape index (κ1) is 21.0. The second-order valence-corrected chi connectivity index (χ2v) is 8.05. The van der Waals surface area contributed by atoms with Gasteiger partial charge < -0.3 is 19.5 Å². The maximum Gasteiger partial charge on any atom is 0.236 e. The van der Waals surface area contributed by atoms with E-state index in [1.54, 1.807) is 6.26 Å². The molecule has 168 valence electrons. The molecule has 1 N–H and O–H groups in total. The Morgan fingerprint density at radius 2 is 1.58 bits per heavy atom. The minimum atomic E-state index is 0.122. The highest BCUT2D eigenvalue weighted by atomic mass is 16.3. The summed E-state index contributed by atoms with van der Waals surface area (Å²) in [7, 11) is 0. The Morgan fingerprint density at radius 3 is 2.24 bits per heavy atom. The van der Waals surface area contributed by atoms with Gasteiger partial charge in [-0.15, -0.1) is 0 Å². The summed E-state index contributed by atoms with van der Waals surface area (Å²) in [6, 6.07) is 26.1. The van der Waals surface area contributed by atoms with E-state index in [9.17, 15) is 4.79 Å². The number of furan rings is 1. The average Bonchev–Trinajstić information content (AvgIpc) is 3.55. The van der Waals surface area contributed by atoms with Gasteiger partial charge >= 0.3 is 0 Å². The highest BCUT2D eigenvalue weighted by Gasteiger charge is 2.21. The first-order valence-corrected chi connectivity index (χ1v) is 11.2. The number of nitrogens with zero attached hydrogens (tertiary/aromatic N) is 4. The fourth-order valence-corrected chi connectivity index (χ4v) is 4.14. The third kappa shape index (κ3) is 4.83. The summed E-state index contributed by atoms with van der Waals surface area (Å²) in [4.78, 5) is 17.0. The third-order valence-electron chi connectivity index (χ3n) is 5.87. The molecule has 5 rings (SSSR count). The number of benzene rings is 2. The molecule has 0 aliphatic carbocycles. The summed E-state index contributed by atoms with van der Waals surface area (Å²) in [5.41, 5.74) is 3.91. The summed E-state index contributed by atoms with van der Waals surface area (Å²) < 4.78 is 7.49. The average molecular weight is 442 g/mol. The molecule has 7 nitrogen and oxygen atoms in total. The fourth-order valence-electron chi connectivity index (χ4n) is 4.14. The van der Waals surface area contributed by atoms with Gasteiger partial charge in [-0.05, 0) is 42.5 Å². The van der Waals surface area contributed by atoms with Crippen molar-refractivity contribution in [3.8, 4) is 17.1 Å². The molecular formula is C26H27N5O2. The van der Waals surface area contributed by atoms with Gasteiger partial charge in [0.1, 0.15) is 5.69 Å². The standard InChI is InChI=1S/C26H27N5O2/c32-26(30-15-13-29(14-16-30)22-8-3-1-4-9-22)20-27-19-21-18-24(25-12-7-17-33-25)31(28-21)23-10-5-2-6-11-23/h1-12,17-18,27H,13-16,19-20H2. The summed E-state index contributed by atoms with van der Waals surface area (Å²) in [5, 5.41) is 8.02. The number of amides is 1. The highest BCUT2D eigenvalue weighted by molar-refractivity contribution is 5.78. The Kier molecular flexibility index (Phi) is 6.21. The van der Waals surface area contributed by atoms with Crippen LogP contribution in [0.25, 0.3) is 17.1 Å². The Hall–Kier alpha value is -3.84. The number of nitrogens with one attached hydrogen (secondary N) is 1. The van der Waals surface area contributed by atoms with Crippen molar-refractivity contribution in [2.75, 3.05) is 37.6 Å². The van der Waals surface area contributed by atoms with Crippen molar-refractivity contribution < 1.29 is 9.21 Å². The summed E-state index contributed by atoms with van der Waals surface area (Å²) >= 11 is 0. The van der Waals surface area contributed by atoms with E-state index in [0.29, 0.717) is 13.1 Å². The molecule has 7 heteroatoms. The molecule has 0 bridgehead atoms. The second-order valence-electron chi connectivity index (χ2n) is 8.05. The van der Waals surface area contributed by atoms with E-state index in [1.807, 2.05) is 76.3 Å². The van der Waals surface area contributed by atoms with Gasteiger partial charge in [0.15, 0.2) is 5.76 Å². The van der Waals surface area contributed by atoms with Crippen molar-refractivity contribution in [1.29, 1.82) is 0 Å². The number of rotatable bonds is 7. The zero-order chi connectivity index (χ0) is 22.5. The van der Waals surface area contributed by atoms with Crippen LogP contribution in [0.2, 0.25) is 0 Å². The lowest BCUT2D eigenvalue weighted by Crippen LogP contribution is -2.50. The zero-order valence-corrected chi connectivity index (χ0v) is 18.4. The number of carbonyl (C=O) groups is 1. The summed E-state index contributed by atoms with van der Waals surface area (Å²) in [5.74, 6) is 0.876. The van der Waals surface area contributed by atoms with E-state index in [4.69, 9.17) is 9.52 Å². The summed E-state index contributed by atoms with van der Waals surface area (Å²) in [6.45, 7) is 3.97. The largest absolute Gasteiger partial charge is 0.463 e. The molecule has 2 aromatic carbocycles. The molecule has 33 heavy (non-hydrogen) atoms. The Bertz CT molecular complexity index is 1160. The van der Waals surface area contributed by atoms with Crippen LogP contribution >= 0.6 is 0 Å². The number of para-hydroxylation sites is 2. The highest BCUT2D eigenvalue weighted by Crippen LogP contribution is 2.24. The van der Waals surface area contributed by atoms with Gasteiger partial charge in [-0.2, -0.15) is 5.10 Å². The molecule has 1 fully saturated rings.